The maximum Gasteiger partial charge on any atom is 0.349 e. The lowest BCUT2D eigenvalue weighted by Crippen LogP contribution is -2.45. The standard InChI is InChI=1S/C20H26N2O6S3/c1-15-6-8-17(9-7-15)31(26,27)22-13-4-3-5-16(22)10-12-21-30(24,25)18-11-14-29-19(18)20(23)28-2/h6-9,11,14,16,21H,3-5,10,12-13H2,1-2H3. The van der Waals surface area contributed by atoms with Crippen LogP contribution in [0.3, 0.4) is 0 Å². The third-order valence-corrected chi connectivity index (χ3v) is 9.75. The van der Waals surface area contributed by atoms with Gasteiger partial charge in [-0.15, -0.1) is 11.3 Å². The summed E-state index contributed by atoms with van der Waals surface area (Å²) in [6, 6.07) is 7.78. The molecule has 0 amide bonds. The van der Waals surface area contributed by atoms with E-state index in [4.69, 9.17) is 0 Å². The van der Waals surface area contributed by atoms with E-state index in [9.17, 15) is 21.6 Å². The molecule has 1 aromatic heterocycles. The average molecular weight is 487 g/mol. The van der Waals surface area contributed by atoms with Crippen LogP contribution in [-0.4, -0.2) is 53.4 Å². The molecule has 1 saturated heterocycles. The van der Waals surface area contributed by atoms with Gasteiger partial charge in [0.25, 0.3) is 0 Å². The normalized spacial score (nSPS) is 18.1. The highest BCUT2D eigenvalue weighted by Gasteiger charge is 2.33. The van der Waals surface area contributed by atoms with E-state index in [1.54, 1.807) is 24.3 Å². The number of carbonyl (C=O) groups excluding carboxylic acids is 1. The van der Waals surface area contributed by atoms with Gasteiger partial charge in [0.1, 0.15) is 9.77 Å². The summed E-state index contributed by atoms with van der Waals surface area (Å²) in [5.74, 6) is -0.710. The lowest BCUT2D eigenvalue weighted by Gasteiger charge is -2.34. The van der Waals surface area contributed by atoms with E-state index in [0.29, 0.717) is 19.4 Å². The van der Waals surface area contributed by atoms with E-state index in [-0.39, 0.29) is 27.3 Å². The average Bonchev–Trinajstić information content (AvgIpc) is 3.25. The first-order chi connectivity index (χ1) is 14.7. The number of aryl methyl sites for hydroxylation is 1. The van der Waals surface area contributed by atoms with Crippen LogP contribution in [-0.2, 0) is 24.8 Å². The van der Waals surface area contributed by atoms with Crippen molar-refractivity contribution in [1.82, 2.24) is 9.03 Å². The van der Waals surface area contributed by atoms with Crippen LogP contribution >= 0.6 is 11.3 Å². The molecule has 1 atom stereocenters. The molecule has 2 aromatic rings. The second-order valence-electron chi connectivity index (χ2n) is 7.37. The summed E-state index contributed by atoms with van der Waals surface area (Å²) < 4.78 is 60.2. The van der Waals surface area contributed by atoms with Gasteiger partial charge in [-0.3, -0.25) is 0 Å². The van der Waals surface area contributed by atoms with Gasteiger partial charge >= 0.3 is 5.97 Å². The van der Waals surface area contributed by atoms with Crippen LogP contribution in [0.4, 0.5) is 0 Å². The Bertz CT molecular complexity index is 1120. The number of thiophene rings is 1. The summed E-state index contributed by atoms with van der Waals surface area (Å²) in [5, 5.41) is 1.51. The predicted molar refractivity (Wildman–Crippen MR) is 118 cm³/mol. The highest BCUT2D eigenvalue weighted by atomic mass is 32.2. The fourth-order valence-corrected chi connectivity index (χ4v) is 7.72. The summed E-state index contributed by atoms with van der Waals surface area (Å²) >= 11 is 0.992. The van der Waals surface area contributed by atoms with Crippen molar-refractivity contribution in [1.29, 1.82) is 0 Å². The molecule has 1 aliphatic heterocycles. The molecule has 1 aliphatic rings. The largest absolute Gasteiger partial charge is 0.465 e. The second kappa shape index (κ2) is 9.78. The summed E-state index contributed by atoms with van der Waals surface area (Å²) in [7, 11) is -6.39. The Labute approximate surface area is 187 Å². The molecule has 31 heavy (non-hydrogen) atoms. The monoisotopic (exact) mass is 486 g/mol. The Kier molecular flexibility index (Phi) is 7.53. The number of carbonyl (C=O) groups is 1. The number of sulfonamides is 2. The number of ether oxygens (including phenoxy) is 1. The van der Waals surface area contributed by atoms with Crippen molar-refractivity contribution in [2.24, 2.45) is 0 Å². The molecule has 11 heteroatoms. The van der Waals surface area contributed by atoms with E-state index < -0.39 is 26.0 Å². The van der Waals surface area contributed by atoms with Crippen molar-refractivity contribution in [3.63, 3.8) is 0 Å². The van der Waals surface area contributed by atoms with Gasteiger partial charge in [0.05, 0.1) is 12.0 Å². The van der Waals surface area contributed by atoms with Gasteiger partial charge in [-0.2, -0.15) is 4.31 Å². The lowest BCUT2D eigenvalue weighted by atomic mass is 10.0. The summed E-state index contributed by atoms with van der Waals surface area (Å²) in [4.78, 5) is 11.9. The molecule has 1 unspecified atom stereocenters. The molecule has 170 valence electrons. The predicted octanol–water partition coefficient (Wildman–Crippen LogP) is 2.75. The molecule has 2 heterocycles. The number of nitrogens with one attached hydrogen (secondary N) is 1. The first kappa shape index (κ1) is 23.9. The van der Waals surface area contributed by atoms with Crippen LogP contribution in [0.5, 0.6) is 0 Å². The Hall–Kier alpha value is -1.79. The third kappa shape index (κ3) is 5.35. The van der Waals surface area contributed by atoms with Crippen molar-refractivity contribution in [2.75, 3.05) is 20.2 Å². The first-order valence-electron chi connectivity index (χ1n) is 9.91. The molecule has 0 bridgehead atoms. The zero-order chi connectivity index (χ0) is 22.6. The maximum atomic E-state index is 13.1. The van der Waals surface area contributed by atoms with Crippen molar-refractivity contribution >= 4 is 37.4 Å². The van der Waals surface area contributed by atoms with Gasteiger partial charge < -0.3 is 4.74 Å². The zero-order valence-electron chi connectivity index (χ0n) is 17.4. The Balaban J connectivity index is 1.71. The smallest absolute Gasteiger partial charge is 0.349 e. The summed E-state index contributed by atoms with van der Waals surface area (Å²) in [6.07, 6.45) is 2.65. The lowest BCUT2D eigenvalue weighted by molar-refractivity contribution is 0.0602. The van der Waals surface area contributed by atoms with Gasteiger partial charge in [0.2, 0.25) is 20.0 Å². The van der Waals surface area contributed by atoms with Crippen molar-refractivity contribution < 1.29 is 26.4 Å². The minimum absolute atomic E-state index is 0.0104. The van der Waals surface area contributed by atoms with E-state index in [1.807, 2.05) is 6.92 Å². The minimum atomic E-state index is -3.92. The highest BCUT2D eigenvalue weighted by Crippen LogP contribution is 2.28. The van der Waals surface area contributed by atoms with Gasteiger partial charge in [-0.05, 0) is 49.8 Å². The molecule has 0 aliphatic carbocycles. The molecular formula is C20H26N2O6S3. The van der Waals surface area contributed by atoms with Gasteiger partial charge in [-0.1, -0.05) is 24.1 Å². The fraction of sp³-hybridized carbons (Fsp3) is 0.450. The van der Waals surface area contributed by atoms with E-state index in [2.05, 4.69) is 9.46 Å². The number of rotatable bonds is 8. The number of nitrogens with zero attached hydrogens (tertiary/aromatic N) is 1. The van der Waals surface area contributed by atoms with Crippen LogP contribution in [0.1, 0.15) is 40.9 Å². The SMILES string of the molecule is COC(=O)c1sccc1S(=O)(=O)NCCC1CCCCN1S(=O)(=O)c1ccc(C)cc1. The topological polar surface area (TPSA) is 110 Å². The van der Waals surface area contributed by atoms with Crippen molar-refractivity contribution in [3.05, 3.63) is 46.2 Å². The molecule has 1 N–H and O–H groups in total. The van der Waals surface area contributed by atoms with Crippen LogP contribution in [0, 0.1) is 6.92 Å². The van der Waals surface area contributed by atoms with Gasteiger partial charge in [0.15, 0.2) is 0 Å². The van der Waals surface area contributed by atoms with Gasteiger partial charge in [0, 0.05) is 19.1 Å². The number of piperidine rings is 1. The first-order valence-corrected chi connectivity index (χ1v) is 13.7. The third-order valence-electron chi connectivity index (χ3n) is 5.26. The van der Waals surface area contributed by atoms with Gasteiger partial charge in [-0.25, -0.2) is 26.4 Å². The molecule has 1 fully saturated rings. The second-order valence-corrected chi connectivity index (χ2v) is 11.9. The van der Waals surface area contributed by atoms with E-state index in [1.165, 1.54) is 22.9 Å². The van der Waals surface area contributed by atoms with Crippen molar-refractivity contribution in [2.45, 2.75) is 48.4 Å². The quantitative estimate of drug-likeness (QED) is 0.575. The van der Waals surface area contributed by atoms with Crippen LogP contribution in [0.15, 0.2) is 45.5 Å². The summed E-state index contributed by atoms with van der Waals surface area (Å²) in [5.41, 5.74) is 0.975. The number of esters is 1. The van der Waals surface area contributed by atoms with Crippen LogP contribution < -0.4 is 4.72 Å². The number of hydrogen-bond donors (Lipinski definition) is 1. The molecule has 0 saturated carbocycles. The van der Waals surface area contributed by atoms with E-state index in [0.717, 1.165) is 29.7 Å². The Morgan fingerprint density at radius 2 is 1.87 bits per heavy atom. The van der Waals surface area contributed by atoms with Crippen LogP contribution in [0.2, 0.25) is 0 Å². The van der Waals surface area contributed by atoms with Crippen LogP contribution in [0.25, 0.3) is 0 Å². The number of methoxy groups -OCH3 is 1. The van der Waals surface area contributed by atoms with Crippen molar-refractivity contribution in [3.8, 4) is 0 Å². The maximum absolute atomic E-state index is 13.1. The molecule has 0 radical (unpaired) electrons. The minimum Gasteiger partial charge on any atom is -0.465 e. The Morgan fingerprint density at radius 3 is 2.55 bits per heavy atom. The number of benzene rings is 1. The highest BCUT2D eigenvalue weighted by molar-refractivity contribution is 7.89. The number of hydrogen-bond acceptors (Lipinski definition) is 7. The molecular weight excluding hydrogens is 460 g/mol. The molecule has 3 rings (SSSR count). The molecule has 0 spiro atoms. The Morgan fingerprint density at radius 1 is 1.16 bits per heavy atom. The molecule has 1 aromatic carbocycles. The zero-order valence-corrected chi connectivity index (χ0v) is 19.9. The molecule has 8 nitrogen and oxygen atoms in total. The fourth-order valence-electron chi connectivity index (χ4n) is 3.61. The summed E-state index contributed by atoms with van der Waals surface area (Å²) in [6.45, 7) is 2.36. The van der Waals surface area contributed by atoms with E-state index >= 15 is 0 Å².